The summed E-state index contributed by atoms with van der Waals surface area (Å²) in [5, 5.41) is 8.98. The summed E-state index contributed by atoms with van der Waals surface area (Å²) in [7, 11) is 0. The van der Waals surface area contributed by atoms with E-state index >= 15 is 0 Å². The highest BCUT2D eigenvalue weighted by molar-refractivity contribution is 5.74. The highest BCUT2D eigenvalue weighted by Gasteiger charge is 2.21. The Hall–Kier alpha value is -0.830. The first-order valence-electron chi connectivity index (χ1n) is 5.04. The monoisotopic (exact) mass is 198 g/mol. The van der Waals surface area contributed by atoms with Crippen LogP contribution in [0.3, 0.4) is 0 Å². The highest BCUT2D eigenvalue weighted by atomic mass is 16.6. The molecule has 0 fully saturated rings. The molecule has 0 aromatic carbocycles. The second-order valence-corrected chi connectivity index (χ2v) is 4.04. The Kier molecular flexibility index (Phi) is 3.69. The molecule has 80 valence electrons. The third-order valence-corrected chi connectivity index (χ3v) is 2.73. The lowest BCUT2D eigenvalue weighted by molar-refractivity contribution is -0.158. The summed E-state index contributed by atoms with van der Waals surface area (Å²) in [6, 6.07) is 0. The normalized spacial score (nSPS) is 24.7. The van der Waals surface area contributed by atoms with E-state index in [-0.39, 0.29) is 6.10 Å². The lowest BCUT2D eigenvalue weighted by atomic mass is 9.92. The molecule has 1 aliphatic rings. The van der Waals surface area contributed by atoms with Crippen molar-refractivity contribution in [2.75, 3.05) is 0 Å². The lowest BCUT2D eigenvalue weighted by Crippen LogP contribution is -2.27. The molecule has 3 heteroatoms. The van der Waals surface area contributed by atoms with Crippen molar-refractivity contribution in [2.45, 2.75) is 52.2 Å². The molecule has 1 aliphatic carbocycles. The van der Waals surface area contributed by atoms with Gasteiger partial charge in [0.1, 0.15) is 12.2 Å². The summed E-state index contributed by atoms with van der Waals surface area (Å²) >= 11 is 0. The highest BCUT2D eigenvalue weighted by Crippen LogP contribution is 2.26. The van der Waals surface area contributed by atoms with Crippen LogP contribution in [0.5, 0.6) is 0 Å². The van der Waals surface area contributed by atoms with Crippen molar-refractivity contribution in [2.24, 2.45) is 0 Å². The van der Waals surface area contributed by atoms with Crippen LogP contribution in [0.4, 0.5) is 0 Å². The van der Waals surface area contributed by atoms with Crippen LogP contribution in [-0.2, 0) is 9.53 Å². The van der Waals surface area contributed by atoms with Gasteiger partial charge in [-0.25, -0.2) is 4.79 Å². The van der Waals surface area contributed by atoms with Gasteiger partial charge in [0.05, 0.1) is 0 Å². The Morgan fingerprint density at radius 2 is 2.14 bits per heavy atom. The molecular weight excluding hydrogens is 180 g/mol. The summed E-state index contributed by atoms with van der Waals surface area (Å²) < 4.78 is 5.15. The molecule has 0 bridgehead atoms. The second kappa shape index (κ2) is 4.60. The third kappa shape index (κ3) is 2.84. The van der Waals surface area contributed by atoms with Crippen molar-refractivity contribution in [1.82, 2.24) is 0 Å². The number of aliphatic hydroxyl groups is 1. The van der Waals surface area contributed by atoms with Crippen molar-refractivity contribution in [3.05, 3.63) is 11.1 Å². The average Bonchev–Trinajstić information content (AvgIpc) is 2.11. The molecule has 2 unspecified atom stereocenters. The van der Waals surface area contributed by atoms with Gasteiger partial charge in [-0.15, -0.1) is 0 Å². The summed E-state index contributed by atoms with van der Waals surface area (Å²) in [5.41, 5.74) is 2.70. The minimum Gasteiger partial charge on any atom is -0.460 e. The molecule has 14 heavy (non-hydrogen) atoms. The van der Waals surface area contributed by atoms with E-state index in [2.05, 4.69) is 13.8 Å². The van der Waals surface area contributed by atoms with Gasteiger partial charge in [-0.05, 0) is 33.6 Å². The molecule has 0 heterocycles. The molecule has 0 saturated carbocycles. The van der Waals surface area contributed by atoms with Gasteiger partial charge >= 0.3 is 5.97 Å². The van der Waals surface area contributed by atoms with Gasteiger partial charge in [0.25, 0.3) is 0 Å². The van der Waals surface area contributed by atoms with Crippen molar-refractivity contribution >= 4 is 5.97 Å². The topological polar surface area (TPSA) is 46.5 Å². The van der Waals surface area contributed by atoms with Crippen LogP contribution in [0.15, 0.2) is 11.1 Å². The molecule has 3 nitrogen and oxygen atoms in total. The standard InChI is InChI=1S/C11H18O3/c1-7-4-5-10(6-8(7)2)14-11(13)9(3)12/h9-10,12H,4-6H2,1-3H3. The fourth-order valence-electron chi connectivity index (χ4n) is 1.57. The number of hydrogen-bond donors (Lipinski definition) is 1. The van der Waals surface area contributed by atoms with Crippen LogP contribution in [0, 0.1) is 0 Å². The molecule has 2 atom stereocenters. The molecule has 1 rings (SSSR count). The van der Waals surface area contributed by atoms with Crippen molar-refractivity contribution in [1.29, 1.82) is 0 Å². The maximum absolute atomic E-state index is 11.1. The van der Waals surface area contributed by atoms with Gasteiger partial charge in [-0.2, -0.15) is 0 Å². The summed E-state index contributed by atoms with van der Waals surface area (Å²) in [5.74, 6) is -0.512. The minimum atomic E-state index is -1.01. The van der Waals surface area contributed by atoms with Crippen LogP contribution in [0.25, 0.3) is 0 Å². The number of hydrogen-bond acceptors (Lipinski definition) is 3. The van der Waals surface area contributed by atoms with E-state index in [1.165, 1.54) is 18.1 Å². The summed E-state index contributed by atoms with van der Waals surface area (Å²) in [6.07, 6.45) is 1.62. The van der Waals surface area contributed by atoms with E-state index in [0.717, 1.165) is 19.3 Å². The van der Waals surface area contributed by atoms with Crippen LogP contribution in [0.2, 0.25) is 0 Å². The predicted molar refractivity (Wildman–Crippen MR) is 53.8 cm³/mol. The predicted octanol–water partition coefficient (Wildman–Crippen LogP) is 1.80. The van der Waals surface area contributed by atoms with Gasteiger partial charge in [0, 0.05) is 6.42 Å². The molecule has 0 spiro atoms. The zero-order valence-electron chi connectivity index (χ0n) is 9.04. The number of rotatable bonds is 2. The molecule has 0 amide bonds. The first-order valence-corrected chi connectivity index (χ1v) is 5.04. The Morgan fingerprint density at radius 1 is 1.50 bits per heavy atom. The van der Waals surface area contributed by atoms with Gasteiger partial charge < -0.3 is 9.84 Å². The maximum atomic E-state index is 11.1. The van der Waals surface area contributed by atoms with Crippen LogP contribution < -0.4 is 0 Å². The van der Waals surface area contributed by atoms with Crippen LogP contribution in [-0.4, -0.2) is 23.3 Å². The van der Waals surface area contributed by atoms with E-state index in [4.69, 9.17) is 9.84 Å². The quantitative estimate of drug-likeness (QED) is 0.543. The van der Waals surface area contributed by atoms with Gasteiger partial charge in [-0.1, -0.05) is 11.1 Å². The lowest BCUT2D eigenvalue weighted by Gasteiger charge is -2.24. The van der Waals surface area contributed by atoms with E-state index in [9.17, 15) is 4.79 Å². The average molecular weight is 198 g/mol. The van der Waals surface area contributed by atoms with E-state index in [1.54, 1.807) is 0 Å². The number of allylic oxidation sites excluding steroid dienone is 1. The van der Waals surface area contributed by atoms with Crippen molar-refractivity contribution < 1.29 is 14.6 Å². The fourth-order valence-corrected chi connectivity index (χ4v) is 1.57. The molecular formula is C11H18O3. The number of carbonyl (C=O) groups excluding carboxylic acids is 1. The number of carbonyl (C=O) groups is 1. The Balaban J connectivity index is 2.47. The smallest absolute Gasteiger partial charge is 0.334 e. The second-order valence-electron chi connectivity index (χ2n) is 4.04. The first kappa shape index (κ1) is 11.2. The Morgan fingerprint density at radius 3 is 2.64 bits per heavy atom. The van der Waals surface area contributed by atoms with E-state index in [0.29, 0.717) is 0 Å². The summed E-state index contributed by atoms with van der Waals surface area (Å²) in [4.78, 5) is 11.1. The zero-order valence-corrected chi connectivity index (χ0v) is 9.04. The molecule has 0 radical (unpaired) electrons. The minimum absolute atomic E-state index is 0.0409. The number of esters is 1. The van der Waals surface area contributed by atoms with E-state index < -0.39 is 12.1 Å². The van der Waals surface area contributed by atoms with Crippen molar-refractivity contribution in [3.63, 3.8) is 0 Å². The van der Waals surface area contributed by atoms with Crippen LogP contribution >= 0.6 is 0 Å². The van der Waals surface area contributed by atoms with E-state index in [1.807, 2.05) is 0 Å². The molecule has 0 aromatic heterocycles. The van der Waals surface area contributed by atoms with Crippen LogP contribution in [0.1, 0.15) is 40.0 Å². The molecule has 0 aromatic rings. The largest absolute Gasteiger partial charge is 0.460 e. The van der Waals surface area contributed by atoms with Crippen molar-refractivity contribution in [3.8, 4) is 0 Å². The molecule has 0 saturated heterocycles. The molecule has 1 N–H and O–H groups in total. The molecule has 0 aliphatic heterocycles. The third-order valence-electron chi connectivity index (χ3n) is 2.73. The van der Waals surface area contributed by atoms with Gasteiger partial charge in [0.15, 0.2) is 0 Å². The SMILES string of the molecule is CC1=C(C)CC(OC(=O)C(C)O)CC1. The van der Waals surface area contributed by atoms with Gasteiger partial charge in [-0.3, -0.25) is 0 Å². The van der Waals surface area contributed by atoms with Gasteiger partial charge in [0.2, 0.25) is 0 Å². The fraction of sp³-hybridized carbons (Fsp3) is 0.727. The Labute approximate surface area is 84.8 Å². The summed E-state index contributed by atoms with van der Waals surface area (Å²) in [6.45, 7) is 5.61. The Bertz CT molecular complexity index is 253. The number of aliphatic hydroxyl groups excluding tert-OH is 1. The maximum Gasteiger partial charge on any atom is 0.334 e. The number of ether oxygens (including phenoxy) is 1. The zero-order chi connectivity index (χ0) is 10.7. The first-order chi connectivity index (χ1) is 6.50.